The molecule has 3 rings (SSSR count). The van der Waals surface area contributed by atoms with Crippen LogP contribution in [0.2, 0.25) is 5.02 Å². The summed E-state index contributed by atoms with van der Waals surface area (Å²) in [4.78, 5) is 16.7. The van der Waals surface area contributed by atoms with Gasteiger partial charge in [-0.15, -0.1) is 0 Å². The summed E-state index contributed by atoms with van der Waals surface area (Å²) < 4.78 is 1.84. The number of halogens is 1. The second-order valence-electron chi connectivity index (χ2n) is 6.25. The van der Waals surface area contributed by atoms with Gasteiger partial charge in [0.15, 0.2) is 0 Å². The van der Waals surface area contributed by atoms with Crippen LogP contribution in [0.25, 0.3) is 0 Å². The van der Waals surface area contributed by atoms with Crippen LogP contribution in [0.4, 0.5) is 0 Å². The van der Waals surface area contributed by atoms with Crippen molar-refractivity contribution in [3.8, 4) is 0 Å². The van der Waals surface area contributed by atoms with Gasteiger partial charge < -0.3 is 4.90 Å². The fourth-order valence-electron chi connectivity index (χ4n) is 2.96. The monoisotopic (exact) mass is 346 g/mol. The van der Waals surface area contributed by atoms with E-state index < -0.39 is 0 Å². The molecule has 0 N–H and O–H groups in total. The molecule has 1 aromatic heterocycles. The van der Waals surface area contributed by atoms with Crippen molar-refractivity contribution in [3.63, 3.8) is 0 Å². The Morgan fingerprint density at radius 3 is 2.46 bits per heavy atom. The van der Waals surface area contributed by atoms with Gasteiger partial charge >= 0.3 is 0 Å². The lowest BCUT2D eigenvalue weighted by atomic mass is 10.2. The highest BCUT2D eigenvalue weighted by Crippen LogP contribution is 2.13. The molecule has 1 aromatic carbocycles. The molecule has 1 saturated heterocycles. The molecule has 0 unspecified atom stereocenters. The van der Waals surface area contributed by atoms with E-state index in [1.165, 1.54) is 5.56 Å². The molecule has 0 spiro atoms. The molecule has 1 aliphatic rings. The molecule has 0 saturated carbocycles. The Hall–Kier alpha value is -1.85. The molecule has 1 amide bonds. The number of amides is 1. The summed E-state index contributed by atoms with van der Waals surface area (Å²) in [6.45, 7) is 6.93. The molecule has 6 heteroatoms. The Balaban J connectivity index is 1.42. The van der Waals surface area contributed by atoms with Crippen LogP contribution in [-0.4, -0.2) is 51.7 Å². The summed E-state index contributed by atoms with van der Waals surface area (Å²) in [5, 5.41) is 5.09. The number of hydrogen-bond donors (Lipinski definition) is 0. The van der Waals surface area contributed by atoms with Gasteiger partial charge in [-0.2, -0.15) is 5.10 Å². The van der Waals surface area contributed by atoms with Crippen LogP contribution in [0.15, 0.2) is 36.5 Å². The molecular formula is C18H23ClN4O. The fourth-order valence-corrected chi connectivity index (χ4v) is 3.09. The lowest BCUT2D eigenvalue weighted by molar-refractivity contribution is -0.133. The molecular weight excluding hydrogens is 324 g/mol. The Labute approximate surface area is 147 Å². The summed E-state index contributed by atoms with van der Waals surface area (Å²) in [6, 6.07) is 9.93. The summed E-state index contributed by atoms with van der Waals surface area (Å²) in [5.41, 5.74) is 2.24. The maximum absolute atomic E-state index is 12.3. The summed E-state index contributed by atoms with van der Waals surface area (Å²) in [6.07, 6.45) is 2.44. The van der Waals surface area contributed by atoms with Gasteiger partial charge in [-0.25, -0.2) is 0 Å². The molecule has 5 nitrogen and oxygen atoms in total. The van der Waals surface area contributed by atoms with Crippen molar-refractivity contribution >= 4 is 17.5 Å². The van der Waals surface area contributed by atoms with E-state index in [1.807, 2.05) is 40.9 Å². The van der Waals surface area contributed by atoms with Crippen LogP contribution in [0.5, 0.6) is 0 Å². The number of aromatic nitrogens is 2. The first kappa shape index (κ1) is 17.0. The summed E-state index contributed by atoms with van der Waals surface area (Å²) >= 11 is 5.92. The van der Waals surface area contributed by atoms with Crippen molar-refractivity contribution in [3.05, 3.63) is 52.8 Å². The predicted octanol–water partition coefficient (Wildman–Crippen LogP) is 2.58. The van der Waals surface area contributed by atoms with Crippen molar-refractivity contribution in [1.82, 2.24) is 19.6 Å². The van der Waals surface area contributed by atoms with Crippen molar-refractivity contribution in [2.45, 2.75) is 26.4 Å². The first-order valence-electron chi connectivity index (χ1n) is 8.35. The smallest absolute Gasteiger partial charge is 0.224 e. The van der Waals surface area contributed by atoms with Gasteiger partial charge in [0, 0.05) is 56.9 Å². The SMILES string of the molecule is Cc1ccn(CCC(=O)N2CCN(Cc3ccc(Cl)cc3)CC2)n1. The lowest BCUT2D eigenvalue weighted by Crippen LogP contribution is -2.48. The van der Waals surface area contributed by atoms with Crippen LogP contribution in [0, 0.1) is 6.92 Å². The highest BCUT2D eigenvalue weighted by atomic mass is 35.5. The highest BCUT2D eigenvalue weighted by Gasteiger charge is 2.20. The van der Waals surface area contributed by atoms with Gasteiger partial charge in [-0.3, -0.25) is 14.4 Å². The summed E-state index contributed by atoms with van der Waals surface area (Å²) in [7, 11) is 0. The van der Waals surface area contributed by atoms with E-state index in [1.54, 1.807) is 0 Å². The highest BCUT2D eigenvalue weighted by molar-refractivity contribution is 6.30. The molecule has 2 heterocycles. The standard InChI is InChI=1S/C18H23ClN4O/c1-15-6-8-23(20-15)9-7-18(24)22-12-10-21(11-13-22)14-16-2-4-17(19)5-3-16/h2-6,8H,7,9-14H2,1H3. The molecule has 1 aliphatic heterocycles. The first-order valence-corrected chi connectivity index (χ1v) is 8.72. The normalized spacial score (nSPS) is 15.7. The first-order chi connectivity index (χ1) is 11.6. The molecule has 2 aromatic rings. The van der Waals surface area contributed by atoms with E-state index >= 15 is 0 Å². The molecule has 0 atom stereocenters. The van der Waals surface area contributed by atoms with E-state index in [2.05, 4.69) is 22.1 Å². The zero-order chi connectivity index (χ0) is 16.9. The van der Waals surface area contributed by atoms with Crippen molar-refractivity contribution < 1.29 is 4.79 Å². The second kappa shape index (κ2) is 7.81. The third-order valence-electron chi connectivity index (χ3n) is 4.37. The van der Waals surface area contributed by atoms with Crippen LogP contribution >= 0.6 is 11.6 Å². The zero-order valence-corrected chi connectivity index (χ0v) is 14.7. The number of hydrogen-bond acceptors (Lipinski definition) is 3. The fraction of sp³-hybridized carbons (Fsp3) is 0.444. The Kier molecular flexibility index (Phi) is 5.53. The van der Waals surface area contributed by atoms with E-state index in [4.69, 9.17) is 11.6 Å². The van der Waals surface area contributed by atoms with Crippen LogP contribution in [-0.2, 0) is 17.9 Å². The third-order valence-corrected chi connectivity index (χ3v) is 4.63. The topological polar surface area (TPSA) is 41.4 Å². The van der Waals surface area contributed by atoms with Crippen LogP contribution in [0.3, 0.4) is 0 Å². The van der Waals surface area contributed by atoms with Crippen molar-refractivity contribution in [2.75, 3.05) is 26.2 Å². The number of benzene rings is 1. The second-order valence-corrected chi connectivity index (χ2v) is 6.69. The molecule has 128 valence electrons. The average Bonchev–Trinajstić information content (AvgIpc) is 3.01. The van der Waals surface area contributed by atoms with Gasteiger partial charge in [0.1, 0.15) is 0 Å². The van der Waals surface area contributed by atoms with E-state index in [0.717, 1.165) is 43.4 Å². The van der Waals surface area contributed by atoms with Gasteiger partial charge in [-0.05, 0) is 30.7 Å². The minimum absolute atomic E-state index is 0.217. The number of carbonyl (C=O) groups is 1. The number of carbonyl (C=O) groups excluding carboxylic acids is 1. The van der Waals surface area contributed by atoms with Gasteiger partial charge in [-0.1, -0.05) is 23.7 Å². The molecule has 0 aliphatic carbocycles. The van der Waals surface area contributed by atoms with Crippen LogP contribution in [0.1, 0.15) is 17.7 Å². The van der Waals surface area contributed by atoms with Gasteiger partial charge in [0.05, 0.1) is 5.69 Å². The minimum Gasteiger partial charge on any atom is -0.340 e. The molecule has 0 radical (unpaired) electrons. The largest absolute Gasteiger partial charge is 0.340 e. The third kappa shape index (κ3) is 4.58. The number of piperazine rings is 1. The van der Waals surface area contributed by atoms with E-state index in [0.29, 0.717) is 13.0 Å². The van der Waals surface area contributed by atoms with E-state index in [9.17, 15) is 4.79 Å². The van der Waals surface area contributed by atoms with Crippen molar-refractivity contribution in [2.24, 2.45) is 0 Å². The Bertz CT molecular complexity index is 675. The Morgan fingerprint density at radius 2 is 1.83 bits per heavy atom. The quantitative estimate of drug-likeness (QED) is 0.835. The lowest BCUT2D eigenvalue weighted by Gasteiger charge is -2.34. The number of rotatable bonds is 5. The number of aryl methyl sites for hydroxylation is 2. The Morgan fingerprint density at radius 1 is 1.12 bits per heavy atom. The number of nitrogens with zero attached hydrogens (tertiary/aromatic N) is 4. The molecule has 24 heavy (non-hydrogen) atoms. The average molecular weight is 347 g/mol. The molecule has 0 bridgehead atoms. The zero-order valence-electron chi connectivity index (χ0n) is 14.0. The minimum atomic E-state index is 0.217. The maximum Gasteiger partial charge on any atom is 0.224 e. The van der Waals surface area contributed by atoms with Gasteiger partial charge in [0.25, 0.3) is 0 Å². The van der Waals surface area contributed by atoms with Crippen LogP contribution < -0.4 is 0 Å². The summed E-state index contributed by atoms with van der Waals surface area (Å²) in [5.74, 6) is 0.217. The van der Waals surface area contributed by atoms with Gasteiger partial charge in [0.2, 0.25) is 5.91 Å². The molecule has 1 fully saturated rings. The van der Waals surface area contributed by atoms with E-state index in [-0.39, 0.29) is 5.91 Å². The van der Waals surface area contributed by atoms with Crippen molar-refractivity contribution in [1.29, 1.82) is 0 Å². The predicted molar refractivity (Wildman–Crippen MR) is 94.9 cm³/mol. The maximum atomic E-state index is 12.3.